The van der Waals surface area contributed by atoms with Crippen LogP contribution in [-0.2, 0) is 4.74 Å². The number of fused-ring (bicyclic) bond motifs is 1. The molecule has 2 aromatic heterocycles. The van der Waals surface area contributed by atoms with Crippen molar-refractivity contribution in [3.8, 4) is 11.3 Å². The van der Waals surface area contributed by atoms with Crippen LogP contribution < -0.4 is 5.32 Å². The SMILES string of the molecule is CCOCCC1CNC(O)c2cc(-c3ccncc3F)[nH]c21. The van der Waals surface area contributed by atoms with Crippen LogP contribution in [0.25, 0.3) is 11.3 Å². The number of pyridine rings is 1. The second-order valence-electron chi connectivity index (χ2n) is 5.40. The molecule has 2 unspecified atom stereocenters. The number of hydrogen-bond donors (Lipinski definition) is 3. The second kappa shape index (κ2) is 6.56. The molecule has 0 aromatic carbocycles. The van der Waals surface area contributed by atoms with Gasteiger partial charge in [-0.3, -0.25) is 10.3 Å². The summed E-state index contributed by atoms with van der Waals surface area (Å²) >= 11 is 0. The number of aliphatic hydroxyl groups is 1. The Morgan fingerprint density at radius 2 is 2.36 bits per heavy atom. The van der Waals surface area contributed by atoms with Crippen LogP contribution in [0.2, 0.25) is 0 Å². The summed E-state index contributed by atoms with van der Waals surface area (Å²) in [6, 6.07) is 3.43. The molecule has 0 bridgehead atoms. The van der Waals surface area contributed by atoms with Crippen molar-refractivity contribution in [2.24, 2.45) is 0 Å². The first-order chi connectivity index (χ1) is 10.7. The van der Waals surface area contributed by atoms with E-state index >= 15 is 0 Å². The molecule has 0 fully saturated rings. The number of nitrogens with zero attached hydrogens (tertiary/aromatic N) is 1. The van der Waals surface area contributed by atoms with Crippen molar-refractivity contribution >= 4 is 0 Å². The fraction of sp³-hybridized carbons (Fsp3) is 0.438. The highest BCUT2D eigenvalue weighted by molar-refractivity contribution is 5.62. The number of aromatic amines is 1. The maximum absolute atomic E-state index is 13.9. The Morgan fingerprint density at radius 1 is 1.50 bits per heavy atom. The molecule has 1 aliphatic rings. The molecule has 0 saturated carbocycles. The lowest BCUT2D eigenvalue weighted by atomic mass is 9.94. The van der Waals surface area contributed by atoms with Gasteiger partial charge in [-0.1, -0.05) is 0 Å². The molecule has 1 aliphatic heterocycles. The number of rotatable bonds is 5. The third kappa shape index (κ3) is 2.90. The average Bonchev–Trinajstić information content (AvgIpc) is 2.96. The summed E-state index contributed by atoms with van der Waals surface area (Å²) in [6.07, 6.45) is 2.86. The molecule has 0 saturated heterocycles. The van der Waals surface area contributed by atoms with E-state index < -0.39 is 6.23 Å². The largest absolute Gasteiger partial charge is 0.382 e. The maximum Gasteiger partial charge on any atom is 0.150 e. The van der Waals surface area contributed by atoms with E-state index in [2.05, 4.69) is 15.3 Å². The van der Waals surface area contributed by atoms with Gasteiger partial charge in [0, 0.05) is 54.4 Å². The number of halogens is 1. The molecule has 3 N–H and O–H groups in total. The molecule has 0 amide bonds. The molecule has 0 aliphatic carbocycles. The van der Waals surface area contributed by atoms with Crippen LogP contribution >= 0.6 is 0 Å². The van der Waals surface area contributed by atoms with E-state index in [0.717, 1.165) is 17.7 Å². The number of hydrogen-bond acceptors (Lipinski definition) is 4. The first kappa shape index (κ1) is 15.1. The minimum atomic E-state index is -0.728. The van der Waals surface area contributed by atoms with Crippen molar-refractivity contribution in [2.45, 2.75) is 25.5 Å². The van der Waals surface area contributed by atoms with Gasteiger partial charge >= 0.3 is 0 Å². The van der Waals surface area contributed by atoms with E-state index in [9.17, 15) is 9.50 Å². The van der Waals surface area contributed by atoms with Crippen molar-refractivity contribution < 1.29 is 14.2 Å². The van der Waals surface area contributed by atoms with Crippen LogP contribution in [0.5, 0.6) is 0 Å². The zero-order valence-corrected chi connectivity index (χ0v) is 12.5. The molecule has 2 atom stereocenters. The summed E-state index contributed by atoms with van der Waals surface area (Å²) in [7, 11) is 0. The first-order valence-corrected chi connectivity index (χ1v) is 7.52. The van der Waals surface area contributed by atoms with Gasteiger partial charge in [0.2, 0.25) is 0 Å². The van der Waals surface area contributed by atoms with Gasteiger partial charge in [-0.15, -0.1) is 0 Å². The van der Waals surface area contributed by atoms with E-state index in [1.807, 2.05) is 6.92 Å². The van der Waals surface area contributed by atoms with Gasteiger partial charge in [0.05, 0.1) is 6.20 Å². The zero-order chi connectivity index (χ0) is 15.5. The standard InChI is InChI=1S/C16H20FN3O2/c1-2-22-6-4-10-8-19-16(21)12-7-14(20-15(10)12)11-3-5-18-9-13(11)17/h3,5,7,9-10,16,19-21H,2,4,6,8H2,1H3. The van der Waals surface area contributed by atoms with Crippen molar-refractivity contribution in [1.82, 2.24) is 15.3 Å². The molecule has 5 nitrogen and oxygen atoms in total. The van der Waals surface area contributed by atoms with Gasteiger partial charge in [-0.05, 0) is 25.5 Å². The predicted octanol–water partition coefficient (Wildman–Crippen LogP) is 2.32. The van der Waals surface area contributed by atoms with Crippen molar-refractivity contribution in [3.63, 3.8) is 0 Å². The van der Waals surface area contributed by atoms with Crippen molar-refractivity contribution in [3.05, 3.63) is 41.6 Å². The van der Waals surface area contributed by atoms with E-state index in [1.165, 1.54) is 6.20 Å². The molecular formula is C16H20FN3O2. The normalized spacial score (nSPS) is 20.9. The van der Waals surface area contributed by atoms with Crippen LogP contribution in [0.15, 0.2) is 24.5 Å². The molecular weight excluding hydrogens is 285 g/mol. The van der Waals surface area contributed by atoms with Gasteiger partial charge < -0.3 is 14.8 Å². The summed E-state index contributed by atoms with van der Waals surface area (Å²) in [5.41, 5.74) is 2.85. The summed E-state index contributed by atoms with van der Waals surface area (Å²) < 4.78 is 19.3. The van der Waals surface area contributed by atoms with E-state index in [1.54, 1.807) is 18.3 Å². The van der Waals surface area contributed by atoms with E-state index in [4.69, 9.17) is 4.74 Å². The van der Waals surface area contributed by atoms with Crippen LogP contribution in [0, 0.1) is 5.82 Å². The highest BCUT2D eigenvalue weighted by Gasteiger charge is 2.28. The lowest BCUT2D eigenvalue weighted by Crippen LogP contribution is -2.33. The summed E-state index contributed by atoms with van der Waals surface area (Å²) in [5, 5.41) is 13.2. The van der Waals surface area contributed by atoms with Crippen LogP contribution in [0.3, 0.4) is 0 Å². The lowest BCUT2D eigenvalue weighted by molar-refractivity contribution is 0.111. The van der Waals surface area contributed by atoms with Crippen LogP contribution in [0.4, 0.5) is 4.39 Å². The smallest absolute Gasteiger partial charge is 0.150 e. The number of ether oxygens (including phenoxy) is 1. The Labute approximate surface area is 128 Å². The fourth-order valence-electron chi connectivity index (χ4n) is 2.87. The maximum atomic E-state index is 13.9. The highest BCUT2D eigenvalue weighted by Crippen LogP contribution is 2.34. The van der Waals surface area contributed by atoms with Crippen molar-refractivity contribution in [1.29, 1.82) is 0 Å². The number of aromatic nitrogens is 2. The number of H-pyrrole nitrogens is 1. The quantitative estimate of drug-likeness (QED) is 0.742. The molecule has 3 heterocycles. The third-order valence-electron chi connectivity index (χ3n) is 4.02. The van der Waals surface area contributed by atoms with Crippen molar-refractivity contribution in [2.75, 3.05) is 19.8 Å². The van der Waals surface area contributed by atoms with Gasteiger partial charge in [-0.2, -0.15) is 0 Å². The van der Waals surface area contributed by atoms with Gasteiger partial charge in [0.15, 0.2) is 5.82 Å². The average molecular weight is 305 g/mol. The number of aliphatic hydroxyl groups excluding tert-OH is 1. The monoisotopic (exact) mass is 305 g/mol. The fourth-order valence-corrected chi connectivity index (χ4v) is 2.87. The Morgan fingerprint density at radius 3 is 3.14 bits per heavy atom. The minimum absolute atomic E-state index is 0.212. The van der Waals surface area contributed by atoms with Gasteiger partial charge in [0.1, 0.15) is 6.23 Å². The molecule has 6 heteroatoms. The third-order valence-corrected chi connectivity index (χ3v) is 4.02. The summed E-state index contributed by atoms with van der Waals surface area (Å²) in [4.78, 5) is 7.04. The Bertz CT molecular complexity index is 644. The molecule has 3 rings (SSSR count). The lowest BCUT2D eigenvalue weighted by Gasteiger charge is -2.27. The first-order valence-electron chi connectivity index (χ1n) is 7.52. The summed E-state index contributed by atoms with van der Waals surface area (Å²) in [6.45, 7) is 3.98. The summed E-state index contributed by atoms with van der Waals surface area (Å²) in [5.74, 6) is -0.169. The Hall–Kier alpha value is -1.76. The van der Waals surface area contributed by atoms with E-state index in [0.29, 0.717) is 31.0 Å². The molecule has 22 heavy (non-hydrogen) atoms. The molecule has 0 spiro atoms. The van der Waals surface area contributed by atoms with Crippen LogP contribution in [0.1, 0.15) is 36.7 Å². The topological polar surface area (TPSA) is 70.2 Å². The minimum Gasteiger partial charge on any atom is -0.382 e. The highest BCUT2D eigenvalue weighted by atomic mass is 19.1. The van der Waals surface area contributed by atoms with Gasteiger partial charge in [-0.25, -0.2) is 4.39 Å². The second-order valence-corrected chi connectivity index (χ2v) is 5.40. The molecule has 2 aromatic rings. The molecule has 0 radical (unpaired) electrons. The van der Waals surface area contributed by atoms with E-state index in [-0.39, 0.29) is 11.7 Å². The zero-order valence-electron chi connectivity index (χ0n) is 12.5. The number of nitrogens with one attached hydrogen (secondary N) is 2. The Balaban J connectivity index is 1.91. The molecule has 118 valence electrons. The van der Waals surface area contributed by atoms with Gasteiger partial charge in [0.25, 0.3) is 0 Å². The van der Waals surface area contributed by atoms with Crippen LogP contribution in [-0.4, -0.2) is 34.8 Å². The predicted molar refractivity (Wildman–Crippen MR) is 80.8 cm³/mol. The Kier molecular flexibility index (Phi) is 4.52.